The van der Waals surface area contributed by atoms with Gasteiger partial charge in [0.1, 0.15) is 0 Å². The van der Waals surface area contributed by atoms with E-state index in [1.165, 1.54) is 308 Å². The molecule has 0 fully saturated rings. The van der Waals surface area contributed by atoms with Gasteiger partial charge in [-0.05, 0) is 64.2 Å². The van der Waals surface area contributed by atoms with Crippen LogP contribution in [0.15, 0.2) is 36.5 Å². The summed E-state index contributed by atoms with van der Waals surface area (Å²) in [4.78, 5) is 24.6. The van der Waals surface area contributed by atoms with Crippen molar-refractivity contribution in [3.8, 4) is 0 Å². The van der Waals surface area contributed by atoms with Crippen LogP contribution in [-0.4, -0.2) is 47.4 Å². The highest BCUT2D eigenvalue weighted by Crippen LogP contribution is 2.19. The van der Waals surface area contributed by atoms with Gasteiger partial charge in [-0.1, -0.05) is 346 Å². The van der Waals surface area contributed by atoms with Crippen LogP contribution in [0.25, 0.3) is 0 Å². The van der Waals surface area contributed by atoms with Gasteiger partial charge in [-0.2, -0.15) is 0 Å². The summed E-state index contributed by atoms with van der Waals surface area (Å²) < 4.78 is 5.49. The Hall–Kier alpha value is -1.92. The third-order valence-electron chi connectivity index (χ3n) is 16.4. The number of amides is 1. The molecule has 0 aromatic heterocycles. The van der Waals surface area contributed by atoms with Gasteiger partial charge in [0.25, 0.3) is 0 Å². The first-order valence-corrected chi connectivity index (χ1v) is 35.3. The SMILES string of the molecule is CCCCC/C=C\C/C=C\CCCCCCCC(=O)OCCCCCCCCCCCCCCCCCCCCCCCCCCC(=O)NC(CO)C(O)/C=C/CCCCCCCCCCCCCCCCCCCCCC. The molecule has 2 unspecified atom stereocenters. The number of allylic oxidation sites excluding steroid dienone is 5. The molecule has 78 heavy (non-hydrogen) atoms. The van der Waals surface area contributed by atoms with E-state index >= 15 is 0 Å². The van der Waals surface area contributed by atoms with Crippen LogP contribution >= 0.6 is 0 Å². The summed E-state index contributed by atoms with van der Waals surface area (Å²) in [6, 6.07) is -0.629. The van der Waals surface area contributed by atoms with Crippen LogP contribution in [0.4, 0.5) is 0 Å². The second-order valence-electron chi connectivity index (χ2n) is 24.2. The van der Waals surface area contributed by atoms with Gasteiger partial charge in [-0.3, -0.25) is 9.59 Å². The molecule has 0 aliphatic carbocycles. The topological polar surface area (TPSA) is 95.9 Å². The Kier molecular flexibility index (Phi) is 65.9. The second kappa shape index (κ2) is 67.6. The minimum Gasteiger partial charge on any atom is -0.466 e. The Bertz CT molecular complexity index is 1260. The molecule has 0 bridgehead atoms. The van der Waals surface area contributed by atoms with E-state index in [-0.39, 0.29) is 18.5 Å². The van der Waals surface area contributed by atoms with E-state index in [4.69, 9.17) is 4.74 Å². The molecule has 2 atom stereocenters. The number of aliphatic hydroxyl groups is 2. The highest BCUT2D eigenvalue weighted by Gasteiger charge is 2.18. The summed E-state index contributed by atoms with van der Waals surface area (Å²) in [7, 11) is 0. The van der Waals surface area contributed by atoms with Gasteiger partial charge in [0, 0.05) is 12.8 Å². The van der Waals surface area contributed by atoms with Gasteiger partial charge in [0.15, 0.2) is 0 Å². The van der Waals surface area contributed by atoms with Crippen molar-refractivity contribution in [1.82, 2.24) is 5.32 Å². The van der Waals surface area contributed by atoms with E-state index in [1.54, 1.807) is 6.08 Å². The fraction of sp³-hybridized carbons (Fsp3) is 0.889. The highest BCUT2D eigenvalue weighted by atomic mass is 16.5. The first kappa shape index (κ1) is 76.1. The molecule has 1 amide bonds. The molecule has 0 spiro atoms. The van der Waals surface area contributed by atoms with Crippen molar-refractivity contribution in [3.05, 3.63) is 36.5 Å². The van der Waals surface area contributed by atoms with Crippen molar-refractivity contribution < 1.29 is 24.5 Å². The molecule has 0 radical (unpaired) electrons. The van der Waals surface area contributed by atoms with Gasteiger partial charge < -0.3 is 20.3 Å². The molecule has 0 aromatic carbocycles. The molecule has 0 aliphatic rings. The standard InChI is InChI=1S/C72H137NO5/c1-3-5-7-9-11-13-15-17-19-20-21-22-27-30-33-37-40-44-48-52-56-60-64-70(75)69(68-74)73-71(76)65-61-57-53-49-45-41-38-34-31-28-25-23-24-26-29-32-35-39-43-47-51-55-59-63-67-78-72(77)66-62-58-54-50-46-42-36-18-16-14-12-10-8-6-4-2/h12,14,18,36,60,64,69-70,74-75H,3-11,13,15-17,19-35,37-59,61-63,65-68H2,1-2H3,(H,73,76)/b14-12-,36-18-,64-60+. The normalized spacial score (nSPS) is 12.7. The molecular weight excluding hydrogens is 959 g/mol. The second-order valence-corrected chi connectivity index (χ2v) is 24.2. The van der Waals surface area contributed by atoms with Crippen LogP contribution in [0.2, 0.25) is 0 Å². The zero-order valence-electron chi connectivity index (χ0n) is 52.7. The molecule has 0 saturated carbocycles. The predicted octanol–water partition coefficient (Wildman–Crippen LogP) is 22.7. The Balaban J connectivity index is 3.40. The van der Waals surface area contributed by atoms with E-state index in [9.17, 15) is 19.8 Å². The molecular formula is C72H137NO5. The van der Waals surface area contributed by atoms with Crippen molar-refractivity contribution in [2.75, 3.05) is 13.2 Å². The summed E-state index contributed by atoms with van der Waals surface area (Å²) in [5, 5.41) is 23.3. The van der Waals surface area contributed by atoms with Crippen molar-refractivity contribution in [2.24, 2.45) is 0 Å². The highest BCUT2D eigenvalue weighted by molar-refractivity contribution is 5.76. The fourth-order valence-electron chi connectivity index (χ4n) is 11.0. The molecule has 0 rings (SSSR count). The number of aliphatic hydroxyl groups excluding tert-OH is 2. The van der Waals surface area contributed by atoms with E-state index in [0.29, 0.717) is 19.4 Å². The molecule has 6 heteroatoms. The lowest BCUT2D eigenvalue weighted by Gasteiger charge is -2.20. The van der Waals surface area contributed by atoms with E-state index in [0.717, 1.165) is 51.4 Å². The van der Waals surface area contributed by atoms with Crippen LogP contribution in [0.1, 0.15) is 386 Å². The average molecular weight is 1100 g/mol. The minimum absolute atomic E-state index is 0.00146. The first-order chi connectivity index (χ1) is 38.5. The van der Waals surface area contributed by atoms with Crippen LogP contribution < -0.4 is 5.32 Å². The Labute approximate surface area is 487 Å². The van der Waals surface area contributed by atoms with Gasteiger partial charge in [0.2, 0.25) is 5.91 Å². The number of carbonyl (C=O) groups excluding carboxylic acids is 2. The summed E-state index contributed by atoms with van der Waals surface area (Å²) in [5.41, 5.74) is 0. The predicted molar refractivity (Wildman–Crippen MR) is 343 cm³/mol. The summed E-state index contributed by atoms with van der Waals surface area (Å²) in [6.45, 7) is 4.91. The zero-order valence-corrected chi connectivity index (χ0v) is 52.7. The number of esters is 1. The maximum atomic E-state index is 12.5. The van der Waals surface area contributed by atoms with Gasteiger partial charge in [-0.15, -0.1) is 0 Å². The Morgan fingerprint density at radius 3 is 1.00 bits per heavy atom. The first-order valence-electron chi connectivity index (χ1n) is 35.3. The van der Waals surface area contributed by atoms with Crippen LogP contribution in [0, 0.1) is 0 Å². The molecule has 0 heterocycles. The van der Waals surface area contributed by atoms with Crippen LogP contribution in [-0.2, 0) is 14.3 Å². The van der Waals surface area contributed by atoms with Gasteiger partial charge in [0.05, 0.1) is 25.4 Å². The number of hydrogen-bond acceptors (Lipinski definition) is 5. The Morgan fingerprint density at radius 1 is 0.359 bits per heavy atom. The number of ether oxygens (including phenoxy) is 1. The number of rotatable bonds is 66. The number of nitrogens with one attached hydrogen (secondary N) is 1. The number of unbranched alkanes of at least 4 members (excludes halogenated alkanes) is 51. The fourth-order valence-corrected chi connectivity index (χ4v) is 11.0. The van der Waals surface area contributed by atoms with Gasteiger partial charge in [-0.25, -0.2) is 0 Å². The average Bonchev–Trinajstić information content (AvgIpc) is 3.44. The van der Waals surface area contributed by atoms with Gasteiger partial charge >= 0.3 is 5.97 Å². The quantitative estimate of drug-likeness (QED) is 0.0320. The summed E-state index contributed by atoms with van der Waals surface area (Å²) in [5.74, 6) is -0.0617. The van der Waals surface area contributed by atoms with Crippen molar-refractivity contribution in [2.45, 2.75) is 398 Å². The summed E-state index contributed by atoms with van der Waals surface area (Å²) in [6.07, 6.45) is 86.4. The molecule has 6 nitrogen and oxygen atoms in total. The molecule has 460 valence electrons. The smallest absolute Gasteiger partial charge is 0.305 e. The summed E-state index contributed by atoms with van der Waals surface area (Å²) >= 11 is 0. The minimum atomic E-state index is -0.845. The van der Waals surface area contributed by atoms with Crippen molar-refractivity contribution in [3.63, 3.8) is 0 Å². The number of hydrogen-bond donors (Lipinski definition) is 3. The largest absolute Gasteiger partial charge is 0.466 e. The third-order valence-corrected chi connectivity index (χ3v) is 16.4. The molecule has 0 aromatic rings. The van der Waals surface area contributed by atoms with E-state index in [1.807, 2.05) is 6.08 Å². The zero-order chi connectivity index (χ0) is 56.4. The molecule has 0 saturated heterocycles. The third kappa shape index (κ3) is 63.3. The monoisotopic (exact) mass is 1100 g/mol. The lowest BCUT2D eigenvalue weighted by Crippen LogP contribution is -2.45. The van der Waals surface area contributed by atoms with Crippen molar-refractivity contribution in [1.29, 1.82) is 0 Å². The Morgan fingerprint density at radius 2 is 0.641 bits per heavy atom. The van der Waals surface area contributed by atoms with E-state index in [2.05, 4.69) is 43.5 Å². The lowest BCUT2D eigenvalue weighted by molar-refractivity contribution is -0.143. The van der Waals surface area contributed by atoms with Crippen LogP contribution in [0.5, 0.6) is 0 Å². The van der Waals surface area contributed by atoms with E-state index < -0.39 is 12.1 Å². The maximum absolute atomic E-state index is 12.5. The van der Waals surface area contributed by atoms with Crippen LogP contribution in [0.3, 0.4) is 0 Å². The molecule has 3 N–H and O–H groups in total. The number of carbonyl (C=O) groups is 2. The maximum Gasteiger partial charge on any atom is 0.305 e. The lowest BCUT2D eigenvalue weighted by atomic mass is 10.0. The van der Waals surface area contributed by atoms with Crippen molar-refractivity contribution >= 4 is 11.9 Å². The molecule has 0 aliphatic heterocycles.